The summed E-state index contributed by atoms with van der Waals surface area (Å²) < 4.78 is 44.5. The predicted molar refractivity (Wildman–Crippen MR) is 99.9 cm³/mol. The van der Waals surface area contributed by atoms with Crippen LogP contribution in [0.3, 0.4) is 0 Å². The van der Waals surface area contributed by atoms with Crippen molar-refractivity contribution in [2.45, 2.75) is 12.3 Å². The number of hydrogen-bond acceptors (Lipinski definition) is 3. The van der Waals surface area contributed by atoms with Crippen molar-refractivity contribution in [2.24, 2.45) is 0 Å². The van der Waals surface area contributed by atoms with E-state index in [0.29, 0.717) is 5.03 Å². The fraction of sp³-hybridized carbons (Fsp3) is 0.188. The number of anilines is 1. The summed E-state index contributed by atoms with van der Waals surface area (Å²) in [5.74, 6) is -1.89. The number of ether oxygens (including phenoxy) is 1. The van der Waals surface area contributed by atoms with Gasteiger partial charge in [0.05, 0.1) is 22.8 Å². The molecule has 0 bridgehead atoms. The first-order chi connectivity index (χ1) is 12.1. The molecule has 0 aromatic heterocycles. The normalized spacial score (nSPS) is 19.1. The molecular weight excluding hydrogens is 441 g/mol. The van der Waals surface area contributed by atoms with Crippen molar-refractivity contribution >= 4 is 82.1 Å². The second kappa shape index (κ2) is 8.27. The quantitative estimate of drug-likeness (QED) is 0.532. The van der Waals surface area contributed by atoms with Crippen LogP contribution >= 0.6 is 34.8 Å². The Hall–Kier alpha value is -0.830. The van der Waals surface area contributed by atoms with Crippen LogP contribution in [0.15, 0.2) is 40.0 Å². The van der Waals surface area contributed by atoms with Crippen molar-refractivity contribution in [2.75, 3.05) is 11.4 Å². The Morgan fingerprint density at radius 3 is 2.48 bits per heavy atom. The van der Waals surface area contributed by atoms with E-state index in [1.165, 1.54) is 23.1 Å². The summed E-state index contributed by atoms with van der Waals surface area (Å²) in [4.78, 5) is 12.7. The van der Waals surface area contributed by atoms with E-state index in [-0.39, 0.29) is 63.3 Å². The van der Waals surface area contributed by atoms with Crippen molar-refractivity contribution in [3.63, 3.8) is 0 Å². The third-order valence-corrected chi connectivity index (χ3v) is 4.60. The van der Waals surface area contributed by atoms with E-state index in [2.05, 4.69) is 0 Å². The molecule has 140 valence electrons. The Morgan fingerprint density at radius 1 is 1.22 bits per heavy atom. The summed E-state index contributed by atoms with van der Waals surface area (Å²) in [5.41, 5.74) is -0.517. The molecule has 0 radical (unpaired) electrons. The molecule has 1 N–H and O–H groups in total. The van der Waals surface area contributed by atoms with Crippen molar-refractivity contribution in [1.82, 2.24) is 0 Å². The maximum atomic E-state index is 13.2. The average Bonchev–Trinajstić information content (AvgIpc) is 2.54. The van der Waals surface area contributed by atoms with Crippen LogP contribution in [0.5, 0.6) is 5.75 Å². The summed E-state index contributed by atoms with van der Waals surface area (Å²) in [6.07, 6.45) is -3.47. The second-order valence-corrected chi connectivity index (χ2v) is 6.75. The van der Waals surface area contributed by atoms with E-state index in [4.69, 9.17) is 44.6 Å². The fourth-order valence-electron chi connectivity index (χ4n) is 2.56. The number of carboxylic acids is 1. The molecule has 0 spiro atoms. The van der Waals surface area contributed by atoms with Gasteiger partial charge in [-0.15, -0.1) is 0 Å². The zero-order valence-corrected chi connectivity index (χ0v) is 14.9. The van der Waals surface area contributed by atoms with E-state index in [1.807, 2.05) is 0 Å². The van der Waals surface area contributed by atoms with Crippen molar-refractivity contribution < 1.29 is 27.8 Å². The van der Waals surface area contributed by atoms with Crippen molar-refractivity contribution in [3.05, 3.63) is 50.6 Å². The molecule has 3 rings (SSSR count). The van der Waals surface area contributed by atoms with Gasteiger partial charge in [-0.1, -0.05) is 34.8 Å². The predicted octanol–water partition coefficient (Wildman–Crippen LogP) is 4.51. The molecule has 0 aliphatic carbocycles. The van der Waals surface area contributed by atoms with Gasteiger partial charge in [0.25, 0.3) is 0 Å². The molecule has 0 fully saturated rings. The molecule has 0 amide bonds. The summed E-state index contributed by atoms with van der Waals surface area (Å²) in [5, 5.41) is 9.92. The van der Waals surface area contributed by atoms with E-state index < -0.39 is 23.8 Å². The first-order valence-electron chi connectivity index (χ1n) is 7.09. The molecule has 0 saturated carbocycles. The zero-order chi connectivity index (χ0) is 19.2. The molecule has 0 saturated heterocycles. The monoisotopic (exact) mass is 449 g/mol. The number of aliphatic carboxylic acids is 1. The van der Waals surface area contributed by atoms with Crippen LogP contribution in [-0.4, -0.2) is 59.5 Å². The van der Waals surface area contributed by atoms with Crippen LogP contribution in [0.4, 0.5) is 18.9 Å². The van der Waals surface area contributed by atoms with Crippen LogP contribution < -0.4 is 9.64 Å². The molecule has 2 heterocycles. The molecule has 1 unspecified atom stereocenters. The average molecular weight is 451 g/mol. The standard InChI is InChI=1S/C16H9Cl3F3NO3.Na.H/c17-8-1-2-13(19)23(6-8)11-5-12-7(4-10(11)18)3-9(15(24)25)14(26-12)16(20,21)22;;/h1-5,14H,6H2,(H,24,25);;. The summed E-state index contributed by atoms with van der Waals surface area (Å²) in [6, 6.07) is 2.59. The van der Waals surface area contributed by atoms with Gasteiger partial charge in [0.2, 0.25) is 6.10 Å². The Kier molecular flexibility index (Phi) is 6.88. The van der Waals surface area contributed by atoms with Gasteiger partial charge in [0.15, 0.2) is 0 Å². The number of fused-ring (bicyclic) bond motifs is 1. The molecule has 1 atom stereocenters. The number of halogens is 6. The third kappa shape index (κ3) is 4.60. The topological polar surface area (TPSA) is 49.8 Å². The fourth-order valence-corrected chi connectivity index (χ4v) is 3.23. The number of carbonyl (C=O) groups is 1. The Labute approximate surface area is 189 Å². The number of nitrogens with zero attached hydrogens (tertiary/aromatic N) is 1. The van der Waals surface area contributed by atoms with Gasteiger partial charge >= 0.3 is 41.7 Å². The van der Waals surface area contributed by atoms with Crippen LogP contribution in [0, 0.1) is 0 Å². The number of rotatable bonds is 2. The number of carboxylic acid groups (broad SMARTS) is 1. The van der Waals surface area contributed by atoms with Crippen LogP contribution in [0.1, 0.15) is 5.56 Å². The number of hydrogen-bond donors (Lipinski definition) is 1. The van der Waals surface area contributed by atoms with Crippen molar-refractivity contribution in [3.8, 4) is 5.75 Å². The first-order valence-corrected chi connectivity index (χ1v) is 8.22. The zero-order valence-electron chi connectivity index (χ0n) is 12.6. The molecule has 2 aliphatic heterocycles. The Balaban J connectivity index is 0.00000261. The van der Waals surface area contributed by atoms with Crippen LogP contribution in [-0.2, 0) is 4.79 Å². The SMILES string of the molecule is O=C(O)C1=Cc2cc(Cl)c(N3CC(Cl)=CC=C3Cl)cc2OC1C(F)(F)F.[NaH]. The van der Waals surface area contributed by atoms with Gasteiger partial charge in [-0.2, -0.15) is 13.2 Å². The summed E-state index contributed by atoms with van der Waals surface area (Å²) in [7, 11) is 0. The van der Waals surface area contributed by atoms with E-state index in [1.54, 1.807) is 6.08 Å². The van der Waals surface area contributed by atoms with Gasteiger partial charge < -0.3 is 14.7 Å². The van der Waals surface area contributed by atoms with Crippen LogP contribution in [0.25, 0.3) is 6.08 Å². The van der Waals surface area contributed by atoms with Crippen molar-refractivity contribution in [1.29, 1.82) is 0 Å². The van der Waals surface area contributed by atoms with E-state index in [0.717, 1.165) is 6.08 Å². The minimum absolute atomic E-state index is 0. The molecule has 1 aromatic carbocycles. The van der Waals surface area contributed by atoms with E-state index >= 15 is 0 Å². The molecular formula is C16H10Cl3F3NNaO3. The molecule has 1 aromatic rings. The maximum absolute atomic E-state index is 13.2. The van der Waals surface area contributed by atoms with Crippen LogP contribution in [0.2, 0.25) is 5.02 Å². The number of benzene rings is 1. The number of alkyl halides is 3. The molecule has 4 nitrogen and oxygen atoms in total. The van der Waals surface area contributed by atoms with E-state index in [9.17, 15) is 18.0 Å². The molecule has 11 heteroatoms. The number of allylic oxidation sites excluding steroid dienone is 2. The molecule has 27 heavy (non-hydrogen) atoms. The summed E-state index contributed by atoms with van der Waals surface area (Å²) >= 11 is 18.3. The van der Waals surface area contributed by atoms with Gasteiger partial charge in [-0.05, 0) is 24.3 Å². The second-order valence-electron chi connectivity index (χ2n) is 5.47. The van der Waals surface area contributed by atoms with Gasteiger partial charge in [0, 0.05) is 16.7 Å². The molecule has 2 aliphatic rings. The van der Waals surface area contributed by atoms with Gasteiger partial charge in [0.1, 0.15) is 10.9 Å². The third-order valence-electron chi connectivity index (χ3n) is 3.72. The van der Waals surface area contributed by atoms with Gasteiger partial charge in [-0.25, -0.2) is 4.79 Å². The minimum atomic E-state index is -4.89. The first kappa shape index (κ1) is 22.5. The van der Waals surface area contributed by atoms with Gasteiger partial charge in [-0.3, -0.25) is 0 Å². The Bertz CT molecular complexity index is 884. The summed E-state index contributed by atoms with van der Waals surface area (Å²) in [6.45, 7) is 0.175. The Morgan fingerprint density at radius 2 is 1.89 bits per heavy atom.